The molecule has 1 N–H and O–H groups in total. The summed E-state index contributed by atoms with van der Waals surface area (Å²) in [7, 11) is 0. The standard InChI is InChI=1S/C22H16FN5O7/c1-12-9-17(27(25-12)14-7-5-13(23)6-8-14)24-18(29)11-35-19(30)10-26-21(31)15-3-2-4-16(28(33)34)20(15)22(26)32/h2-9H,10-11H2,1H3,(H,24,29). The van der Waals surface area contributed by atoms with E-state index >= 15 is 0 Å². The maximum Gasteiger partial charge on any atom is 0.326 e. The predicted molar refractivity (Wildman–Crippen MR) is 116 cm³/mol. The Morgan fingerprint density at radius 1 is 1.14 bits per heavy atom. The lowest BCUT2D eigenvalue weighted by Gasteiger charge is -2.13. The van der Waals surface area contributed by atoms with Gasteiger partial charge in [-0.25, -0.2) is 9.07 Å². The maximum absolute atomic E-state index is 13.2. The number of ether oxygens (including phenoxy) is 1. The molecule has 1 aromatic heterocycles. The van der Waals surface area contributed by atoms with Gasteiger partial charge in [0.15, 0.2) is 6.61 Å². The second-order valence-electron chi connectivity index (χ2n) is 7.42. The van der Waals surface area contributed by atoms with Gasteiger partial charge >= 0.3 is 5.97 Å². The molecule has 0 radical (unpaired) electrons. The summed E-state index contributed by atoms with van der Waals surface area (Å²) in [6.45, 7) is 0.112. The number of esters is 1. The number of carbonyl (C=O) groups is 4. The summed E-state index contributed by atoms with van der Waals surface area (Å²) in [5, 5.41) is 17.9. The van der Waals surface area contributed by atoms with E-state index in [1.807, 2.05) is 0 Å². The fourth-order valence-electron chi connectivity index (χ4n) is 3.48. The van der Waals surface area contributed by atoms with E-state index in [0.29, 0.717) is 16.3 Å². The van der Waals surface area contributed by atoms with Crippen LogP contribution in [0.4, 0.5) is 15.9 Å². The summed E-state index contributed by atoms with van der Waals surface area (Å²) in [6.07, 6.45) is 0. The van der Waals surface area contributed by atoms with E-state index in [0.717, 1.165) is 6.07 Å². The first-order valence-corrected chi connectivity index (χ1v) is 10.1. The molecular weight excluding hydrogens is 465 g/mol. The summed E-state index contributed by atoms with van der Waals surface area (Å²) < 4.78 is 19.4. The van der Waals surface area contributed by atoms with Gasteiger partial charge in [0.2, 0.25) is 0 Å². The van der Waals surface area contributed by atoms with Crippen LogP contribution in [0.1, 0.15) is 26.4 Å². The van der Waals surface area contributed by atoms with Crippen molar-refractivity contribution in [3.63, 3.8) is 0 Å². The number of carbonyl (C=O) groups excluding carboxylic acids is 4. The molecule has 0 saturated heterocycles. The third kappa shape index (κ3) is 4.59. The molecule has 0 spiro atoms. The van der Waals surface area contributed by atoms with Crippen LogP contribution in [0, 0.1) is 22.9 Å². The monoisotopic (exact) mass is 481 g/mol. The number of fused-ring (bicyclic) bond motifs is 1. The van der Waals surface area contributed by atoms with Crippen LogP contribution >= 0.6 is 0 Å². The number of aryl methyl sites for hydroxylation is 1. The first kappa shape index (κ1) is 23.2. The summed E-state index contributed by atoms with van der Waals surface area (Å²) in [6, 6.07) is 10.5. The molecule has 0 atom stereocenters. The number of aromatic nitrogens is 2. The molecule has 35 heavy (non-hydrogen) atoms. The van der Waals surface area contributed by atoms with Gasteiger partial charge in [0, 0.05) is 12.1 Å². The van der Waals surface area contributed by atoms with E-state index in [1.165, 1.54) is 41.1 Å². The Balaban J connectivity index is 1.38. The molecule has 0 saturated carbocycles. The first-order valence-electron chi connectivity index (χ1n) is 10.1. The third-order valence-electron chi connectivity index (χ3n) is 5.00. The number of amides is 3. The zero-order valence-corrected chi connectivity index (χ0v) is 18.1. The molecule has 4 rings (SSSR count). The average molecular weight is 481 g/mol. The van der Waals surface area contributed by atoms with Crippen LogP contribution in [-0.4, -0.2) is 56.4 Å². The zero-order chi connectivity index (χ0) is 25.3. The van der Waals surface area contributed by atoms with Crippen molar-refractivity contribution in [2.75, 3.05) is 18.5 Å². The molecule has 0 fully saturated rings. The van der Waals surface area contributed by atoms with E-state index in [-0.39, 0.29) is 11.4 Å². The SMILES string of the molecule is Cc1cc(NC(=O)COC(=O)CN2C(=O)c3cccc([N+](=O)[O-])c3C2=O)n(-c2ccc(F)cc2)n1. The number of hydrogen-bond acceptors (Lipinski definition) is 8. The van der Waals surface area contributed by atoms with E-state index in [4.69, 9.17) is 4.74 Å². The molecule has 12 nitrogen and oxygen atoms in total. The second-order valence-corrected chi connectivity index (χ2v) is 7.42. The quantitative estimate of drug-likeness (QED) is 0.233. The van der Waals surface area contributed by atoms with Crippen molar-refractivity contribution >= 4 is 35.2 Å². The fraction of sp³-hybridized carbons (Fsp3) is 0.136. The summed E-state index contributed by atoms with van der Waals surface area (Å²) in [5.41, 5.74) is -0.117. The minimum absolute atomic E-state index is 0.195. The number of imide groups is 1. The van der Waals surface area contributed by atoms with Gasteiger partial charge in [-0.15, -0.1) is 0 Å². The largest absolute Gasteiger partial charge is 0.454 e. The number of halogens is 1. The van der Waals surface area contributed by atoms with Gasteiger partial charge in [-0.05, 0) is 37.3 Å². The molecule has 3 amide bonds. The van der Waals surface area contributed by atoms with Gasteiger partial charge in [0.25, 0.3) is 23.4 Å². The Labute approximate surface area is 196 Å². The van der Waals surface area contributed by atoms with Crippen molar-refractivity contribution in [3.05, 3.63) is 81.3 Å². The Kier molecular flexibility index (Phi) is 6.06. The second kappa shape index (κ2) is 9.13. The van der Waals surface area contributed by atoms with Gasteiger partial charge in [-0.2, -0.15) is 5.10 Å². The summed E-state index contributed by atoms with van der Waals surface area (Å²) in [5.74, 6) is -3.89. The Bertz CT molecular complexity index is 1380. The highest BCUT2D eigenvalue weighted by Gasteiger charge is 2.42. The molecule has 1 aliphatic rings. The molecule has 1 aliphatic heterocycles. The minimum atomic E-state index is -1.07. The average Bonchev–Trinajstić information content (AvgIpc) is 3.30. The minimum Gasteiger partial charge on any atom is -0.454 e. The van der Waals surface area contributed by atoms with Crippen LogP contribution in [0.5, 0.6) is 0 Å². The van der Waals surface area contributed by atoms with Crippen molar-refractivity contribution in [2.24, 2.45) is 0 Å². The Morgan fingerprint density at radius 2 is 1.86 bits per heavy atom. The fourth-order valence-corrected chi connectivity index (χ4v) is 3.48. The van der Waals surface area contributed by atoms with E-state index in [9.17, 15) is 33.7 Å². The molecule has 178 valence electrons. The van der Waals surface area contributed by atoms with E-state index in [1.54, 1.807) is 13.0 Å². The van der Waals surface area contributed by atoms with Crippen molar-refractivity contribution in [1.82, 2.24) is 14.7 Å². The van der Waals surface area contributed by atoms with Crippen LogP contribution in [0.25, 0.3) is 5.69 Å². The molecule has 0 bridgehead atoms. The van der Waals surface area contributed by atoms with Crippen molar-refractivity contribution < 1.29 is 33.2 Å². The van der Waals surface area contributed by atoms with Crippen LogP contribution < -0.4 is 5.32 Å². The molecule has 2 heterocycles. The highest BCUT2D eigenvalue weighted by atomic mass is 19.1. The number of hydrogen-bond donors (Lipinski definition) is 1. The van der Waals surface area contributed by atoms with Gasteiger partial charge in [0.1, 0.15) is 23.7 Å². The van der Waals surface area contributed by atoms with E-state index < -0.39 is 58.8 Å². The van der Waals surface area contributed by atoms with Crippen LogP contribution in [0.2, 0.25) is 0 Å². The molecule has 0 unspecified atom stereocenters. The Hall–Kier alpha value is -4.94. The van der Waals surface area contributed by atoms with Gasteiger partial charge < -0.3 is 10.1 Å². The molecule has 0 aliphatic carbocycles. The molecule has 3 aromatic rings. The number of rotatable bonds is 7. The molecular formula is C22H16FN5O7. The number of benzene rings is 2. The summed E-state index contributed by atoms with van der Waals surface area (Å²) in [4.78, 5) is 60.4. The van der Waals surface area contributed by atoms with E-state index in [2.05, 4.69) is 10.4 Å². The number of anilines is 1. The van der Waals surface area contributed by atoms with Gasteiger partial charge in [0.05, 0.1) is 21.9 Å². The number of nitro benzene ring substituents is 1. The highest BCUT2D eigenvalue weighted by Crippen LogP contribution is 2.30. The normalized spacial score (nSPS) is 12.5. The van der Waals surface area contributed by atoms with Gasteiger partial charge in [-0.3, -0.25) is 34.2 Å². The molecule has 2 aromatic carbocycles. The lowest BCUT2D eigenvalue weighted by Crippen LogP contribution is -2.36. The smallest absolute Gasteiger partial charge is 0.326 e. The lowest BCUT2D eigenvalue weighted by atomic mass is 10.1. The summed E-state index contributed by atoms with van der Waals surface area (Å²) >= 11 is 0. The van der Waals surface area contributed by atoms with Crippen LogP contribution in [0.3, 0.4) is 0 Å². The van der Waals surface area contributed by atoms with Crippen molar-refractivity contribution in [1.29, 1.82) is 0 Å². The van der Waals surface area contributed by atoms with Crippen LogP contribution in [0.15, 0.2) is 48.5 Å². The van der Waals surface area contributed by atoms with Crippen LogP contribution in [-0.2, 0) is 14.3 Å². The Morgan fingerprint density at radius 3 is 2.54 bits per heavy atom. The number of nitrogens with zero attached hydrogens (tertiary/aromatic N) is 4. The third-order valence-corrected chi connectivity index (χ3v) is 5.00. The molecule has 13 heteroatoms. The lowest BCUT2D eigenvalue weighted by molar-refractivity contribution is -0.385. The number of nitrogens with one attached hydrogen (secondary N) is 1. The zero-order valence-electron chi connectivity index (χ0n) is 18.1. The first-order chi connectivity index (χ1) is 16.7. The van der Waals surface area contributed by atoms with Crippen molar-refractivity contribution in [2.45, 2.75) is 6.92 Å². The topological polar surface area (TPSA) is 154 Å². The maximum atomic E-state index is 13.2. The predicted octanol–water partition coefficient (Wildman–Crippen LogP) is 2.01. The van der Waals surface area contributed by atoms with Crippen molar-refractivity contribution in [3.8, 4) is 5.69 Å². The van der Waals surface area contributed by atoms with Gasteiger partial charge in [-0.1, -0.05) is 6.07 Å². The highest BCUT2D eigenvalue weighted by molar-refractivity contribution is 6.24. The number of nitro groups is 1.